The fourth-order valence-corrected chi connectivity index (χ4v) is 3.57. The highest BCUT2D eigenvalue weighted by molar-refractivity contribution is 14.0. The van der Waals surface area contributed by atoms with Crippen molar-refractivity contribution in [3.8, 4) is 0 Å². The van der Waals surface area contributed by atoms with Gasteiger partial charge < -0.3 is 15.0 Å². The minimum absolute atomic E-state index is 0. The number of rotatable bonds is 5. The van der Waals surface area contributed by atoms with Crippen LogP contribution in [0.1, 0.15) is 32.3 Å². The summed E-state index contributed by atoms with van der Waals surface area (Å²) in [5, 5.41) is 3.51. The fourth-order valence-electron chi connectivity index (χ4n) is 3.57. The number of esters is 1. The number of hydrogen-bond donors (Lipinski definition) is 1. The summed E-state index contributed by atoms with van der Waals surface area (Å²) in [7, 11) is 3.25. The second kappa shape index (κ2) is 10.7. The molecular formula is C20H32IN3O2. The van der Waals surface area contributed by atoms with Crippen molar-refractivity contribution >= 4 is 35.9 Å². The van der Waals surface area contributed by atoms with Gasteiger partial charge in [0.2, 0.25) is 0 Å². The molecule has 1 aliphatic heterocycles. The number of hydrogen-bond acceptors (Lipinski definition) is 3. The van der Waals surface area contributed by atoms with Gasteiger partial charge in [-0.3, -0.25) is 9.79 Å². The van der Waals surface area contributed by atoms with Crippen molar-refractivity contribution in [3.05, 3.63) is 35.9 Å². The monoisotopic (exact) mass is 473 g/mol. The van der Waals surface area contributed by atoms with E-state index >= 15 is 0 Å². The minimum Gasteiger partial charge on any atom is -0.469 e. The number of guanidine groups is 1. The molecule has 0 radical (unpaired) electrons. The summed E-state index contributed by atoms with van der Waals surface area (Å²) in [5.41, 5.74) is 1.34. The van der Waals surface area contributed by atoms with Gasteiger partial charge in [-0.1, -0.05) is 51.1 Å². The van der Waals surface area contributed by atoms with Crippen LogP contribution in [0.5, 0.6) is 0 Å². The maximum absolute atomic E-state index is 11.9. The van der Waals surface area contributed by atoms with E-state index in [0.29, 0.717) is 18.4 Å². The van der Waals surface area contributed by atoms with Crippen LogP contribution in [-0.4, -0.2) is 50.6 Å². The van der Waals surface area contributed by atoms with E-state index in [1.165, 1.54) is 12.7 Å². The predicted molar refractivity (Wildman–Crippen MR) is 117 cm³/mol. The summed E-state index contributed by atoms with van der Waals surface area (Å²) in [6.45, 7) is 8.88. The van der Waals surface area contributed by atoms with Crippen LogP contribution in [0.2, 0.25) is 0 Å². The Morgan fingerprint density at radius 2 is 1.96 bits per heavy atom. The Labute approximate surface area is 174 Å². The molecule has 1 saturated heterocycles. The molecule has 3 unspecified atom stereocenters. The molecule has 1 aromatic carbocycles. The number of ether oxygens (including phenoxy) is 1. The van der Waals surface area contributed by atoms with E-state index in [-0.39, 0.29) is 41.8 Å². The first-order chi connectivity index (χ1) is 12.0. The molecule has 26 heavy (non-hydrogen) atoms. The number of benzene rings is 1. The number of nitrogens with one attached hydrogen (secondary N) is 1. The summed E-state index contributed by atoms with van der Waals surface area (Å²) in [5.74, 6) is 1.84. The Hall–Kier alpha value is -1.31. The SMILES string of the molecule is CN=C(NCC(c1ccccc1)C(C)C)N1CC(C)C(C(=O)OC)C1.I. The Morgan fingerprint density at radius 3 is 2.50 bits per heavy atom. The molecule has 1 heterocycles. The van der Waals surface area contributed by atoms with Crippen LogP contribution in [0.25, 0.3) is 0 Å². The van der Waals surface area contributed by atoms with Crippen molar-refractivity contribution < 1.29 is 9.53 Å². The van der Waals surface area contributed by atoms with E-state index in [1.807, 2.05) is 6.07 Å². The maximum Gasteiger partial charge on any atom is 0.310 e. The molecule has 5 nitrogen and oxygen atoms in total. The summed E-state index contributed by atoms with van der Waals surface area (Å²) >= 11 is 0. The second-order valence-corrected chi connectivity index (χ2v) is 7.20. The molecule has 0 aromatic heterocycles. The van der Waals surface area contributed by atoms with Gasteiger partial charge in [0.15, 0.2) is 5.96 Å². The van der Waals surface area contributed by atoms with Gasteiger partial charge >= 0.3 is 5.97 Å². The van der Waals surface area contributed by atoms with Crippen molar-refractivity contribution in [2.24, 2.45) is 22.7 Å². The Kier molecular flexibility index (Phi) is 9.39. The van der Waals surface area contributed by atoms with Crippen LogP contribution in [-0.2, 0) is 9.53 Å². The van der Waals surface area contributed by atoms with Crippen LogP contribution in [0, 0.1) is 17.8 Å². The topological polar surface area (TPSA) is 53.9 Å². The molecule has 1 aliphatic rings. The first-order valence-corrected chi connectivity index (χ1v) is 9.06. The zero-order valence-electron chi connectivity index (χ0n) is 16.4. The zero-order valence-corrected chi connectivity index (χ0v) is 18.8. The zero-order chi connectivity index (χ0) is 18.4. The van der Waals surface area contributed by atoms with E-state index in [4.69, 9.17) is 4.74 Å². The quantitative estimate of drug-likeness (QED) is 0.309. The standard InChI is InChI=1S/C20H31N3O2.HI/c1-14(2)17(16-9-7-6-8-10-16)11-22-20(21-4)23-12-15(3)18(13-23)19(24)25-5;/h6-10,14-15,17-18H,11-13H2,1-5H3,(H,21,22);1H. The van der Waals surface area contributed by atoms with Crippen LogP contribution in [0.4, 0.5) is 0 Å². The largest absolute Gasteiger partial charge is 0.469 e. The van der Waals surface area contributed by atoms with Crippen LogP contribution >= 0.6 is 24.0 Å². The van der Waals surface area contributed by atoms with Gasteiger partial charge in [0.05, 0.1) is 13.0 Å². The average Bonchev–Trinajstić information content (AvgIpc) is 3.00. The van der Waals surface area contributed by atoms with E-state index in [9.17, 15) is 4.79 Å². The average molecular weight is 473 g/mol. The van der Waals surface area contributed by atoms with Crippen molar-refractivity contribution in [2.45, 2.75) is 26.7 Å². The molecule has 0 spiro atoms. The minimum atomic E-state index is -0.130. The van der Waals surface area contributed by atoms with Gasteiger partial charge in [-0.2, -0.15) is 0 Å². The highest BCUT2D eigenvalue weighted by atomic mass is 127. The van der Waals surface area contributed by atoms with Crippen molar-refractivity contribution in [1.29, 1.82) is 0 Å². The first kappa shape index (κ1) is 22.7. The molecule has 1 fully saturated rings. The maximum atomic E-state index is 11.9. The van der Waals surface area contributed by atoms with Gasteiger partial charge in [0, 0.05) is 32.6 Å². The molecule has 146 valence electrons. The summed E-state index contributed by atoms with van der Waals surface area (Å²) in [6.07, 6.45) is 0. The smallest absolute Gasteiger partial charge is 0.310 e. The Balaban J connectivity index is 0.00000338. The molecular weight excluding hydrogens is 441 g/mol. The third-order valence-electron chi connectivity index (χ3n) is 5.14. The highest BCUT2D eigenvalue weighted by Gasteiger charge is 2.37. The van der Waals surface area contributed by atoms with Gasteiger partial charge in [-0.15, -0.1) is 24.0 Å². The van der Waals surface area contributed by atoms with Crippen molar-refractivity contribution in [2.75, 3.05) is 33.8 Å². The number of carbonyl (C=O) groups is 1. The fraction of sp³-hybridized carbons (Fsp3) is 0.600. The molecule has 6 heteroatoms. The number of halogens is 1. The number of carbonyl (C=O) groups excluding carboxylic acids is 1. The lowest BCUT2D eigenvalue weighted by atomic mass is 9.88. The molecule has 0 saturated carbocycles. The van der Waals surface area contributed by atoms with E-state index in [0.717, 1.165) is 19.0 Å². The number of methoxy groups -OCH3 is 1. The predicted octanol–water partition coefficient (Wildman–Crippen LogP) is 3.36. The normalized spacial score (nSPS) is 21.3. The first-order valence-electron chi connectivity index (χ1n) is 9.06. The number of nitrogens with zero attached hydrogens (tertiary/aromatic N) is 2. The molecule has 1 aromatic rings. The third-order valence-corrected chi connectivity index (χ3v) is 5.14. The van der Waals surface area contributed by atoms with Crippen LogP contribution in [0.3, 0.4) is 0 Å². The summed E-state index contributed by atoms with van der Waals surface area (Å²) in [4.78, 5) is 18.5. The molecule has 1 N–H and O–H groups in total. The van der Waals surface area contributed by atoms with Crippen LogP contribution in [0.15, 0.2) is 35.3 Å². The van der Waals surface area contributed by atoms with Gasteiger partial charge in [0.1, 0.15) is 0 Å². The summed E-state index contributed by atoms with van der Waals surface area (Å²) < 4.78 is 4.93. The molecule has 0 bridgehead atoms. The summed E-state index contributed by atoms with van der Waals surface area (Å²) in [6, 6.07) is 10.6. The number of likely N-dealkylation sites (tertiary alicyclic amines) is 1. The van der Waals surface area contributed by atoms with Crippen molar-refractivity contribution in [1.82, 2.24) is 10.2 Å². The van der Waals surface area contributed by atoms with Crippen molar-refractivity contribution in [3.63, 3.8) is 0 Å². The van der Waals surface area contributed by atoms with Gasteiger partial charge in [-0.05, 0) is 17.4 Å². The lowest BCUT2D eigenvalue weighted by Crippen LogP contribution is -2.42. The van der Waals surface area contributed by atoms with E-state index in [2.05, 4.69) is 60.2 Å². The van der Waals surface area contributed by atoms with E-state index in [1.54, 1.807) is 7.05 Å². The second-order valence-electron chi connectivity index (χ2n) is 7.20. The molecule has 0 aliphatic carbocycles. The molecule has 0 amide bonds. The van der Waals surface area contributed by atoms with Crippen LogP contribution < -0.4 is 5.32 Å². The van der Waals surface area contributed by atoms with Gasteiger partial charge in [-0.25, -0.2) is 0 Å². The van der Waals surface area contributed by atoms with E-state index < -0.39 is 0 Å². The lowest BCUT2D eigenvalue weighted by molar-refractivity contribution is -0.145. The Bertz CT molecular complexity index is 592. The Morgan fingerprint density at radius 1 is 1.31 bits per heavy atom. The third kappa shape index (κ3) is 5.59. The highest BCUT2D eigenvalue weighted by Crippen LogP contribution is 2.26. The van der Waals surface area contributed by atoms with Gasteiger partial charge in [0.25, 0.3) is 0 Å². The lowest BCUT2D eigenvalue weighted by Gasteiger charge is -2.26. The molecule has 3 atom stereocenters. The molecule has 2 rings (SSSR count). The number of aliphatic imine (C=N–C) groups is 1.